The van der Waals surface area contributed by atoms with Crippen LogP contribution in [0.3, 0.4) is 0 Å². The number of likely N-dealkylation sites (N-methyl/N-ethyl adjacent to an activating group) is 5. The molecule has 0 unspecified atom stereocenters. The number of aromatic nitrogens is 8. The Morgan fingerprint density at radius 1 is 0.322 bits per heavy atom. The highest BCUT2D eigenvalue weighted by Gasteiger charge is 2.35. The van der Waals surface area contributed by atoms with Crippen LogP contribution in [0.1, 0.15) is 149 Å². The molecule has 0 spiro atoms. The van der Waals surface area contributed by atoms with Gasteiger partial charge in [-0.05, 0) is 256 Å². The van der Waals surface area contributed by atoms with Crippen molar-refractivity contribution in [3.8, 4) is 22.7 Å². The molecule has 115 heavy (non-hydrogen) atoms. The molecule has 8 heterocycles. The van der Waals surface area contributed by atoms with Gasteiger partial charge in [0.05, 0.1) is 44.1 Å². The Hall–Kier alpha value is -10.6. The number of rotatable bonds is 19. The van der Waals surface area contributed by atoms with E-state index >= 15 is 0 Å². The van der Waals surface area contributed by atoms with Gasteiger partial charge in [0.25, 0.3) is 23.6 Å². The summed E-state index contributed by atoms with van der Waals surface area (Å²) in [4.78, 5) is 88.3. The second-order valence-corrected chi connectivity index (χ2v) is 32.9. The van der Waals surface area contributed by atoms with Gasteiger partial charge < -0.3 is 39.2 Å². The van der Waals surface area contributed by atoms with E-state index in [-0.39, 0.29) is 23.6 Å². The van der Waals surface area contributed by atoms with Gasteiger partial charge in [0, 0.05) is 163 Å². The lowest BCUT2D eigenvalue weighted by Gasteiger charge is -2.26. The van der Waals surface area contributed by atoms with E-state index in [0.29, 0.717) is 24.2 Å². The molecular weight excluding hydrogens is 1430 g/mol. The number of aryl methyl sites for hydroxylation is 4. The summed E-state index contributed by atoms with van der Waals surface area (Å²) in [5.41, 5.74) is 15.4. The Morgan fingerprint density at radius 3 is 0.843 bits per heavy atom. The van der Waals surface area contributed by atoms with Crippen molar-refractivity contribution in [1.82, 2.24) is 77.4 Å². The summed E-state index contributed by atoms with van der Waals surface area (Å²) in [6, 6.07) is 65.4. The van der Waals surface area contributed by atoms with Crippen LogP contribution in [0.4, 0.5) is 0 Å². The summed E-state index contributed by atoms with van der Waals surface area (Å²) in [7, 11) is 7.78. The van der Waals surface area contributed by atoms with Gasteiger partial charge in [-0.2, -0.15) is 0 Å². The molecule has 2 aliphatic carbocycles. The monoisotopic (exact) mass is 1540 g/mol. The Labute approximate surface area is 678 Å². The number of hydrogen-bond donors (Lipinski definition) is 0. The molecule has 598 valence electrons. The molecule has 2 saturated carbocycles. The van der Waals surface area contributed by atoms with Crippen LogP contribution in [0.25, 0.3) is 66.9 Å². The van der Waals surface area contributed by atoms with Gasteiger partial charge in [-0.3, -0.25) is 37.4 Å². The first-order chi connectivity index (χ1) is 55.9. The average Bonchev–Trinajstić information content (AvgIpc) is 1.66. The van der Waals surface area contributed by atoms with Gasteiger partial charge in [0.2, 0.25) is 0 Å². The van der Waals surface area contributed by atoms with Gasteiger partial charge in [-0.15, -0.1) is 0 Å². The molecule has 4 aromatic heterocycles. The molecule has 4 amide bonds. The summed E-state index contributed by atoms with van der Waals surface area (Å²) in [6.07, 6.45) is 13.7. The first-order valence-corrected chi connectivity index (χ1v) is 42.0. The molecule has 0 radical (unpaired) electrons. The van der Waals surface area contributed by atoms with Crippen LogP contribution >= 0.6 is 0 Å². The summed E-state index contributed by atoms with van der Waals surface area (Å²) in [6.45, 7) is 25.4. The highest BCUT2D eigenvalue weighted by Crippen LogP contribution is 2.34. The average molecular weight is 1540 g/mol. The molecule has 0 N–H and O–H groups in total. The number of para-hydroxylation sites is 8. The summed E-state index contributed by atoms with van der Waals surface area (Å²) < 4.78 is 8.54. The Balaban J connectivity index is 0.000000121. The molecule has 6 fully saturated rings. The number of nitrogens with zero attached hydrogens (tertiary/aromatic N) is 16. The third-order valence-corrected chi connectivity index (χ3v) is 25.1. The van der Waals surface area contributed by atoms with Crippen molar-refractivity contribution in [3.05, 3.63) is 240 Å². The number of fused-ring (bicyclic) bond motifs is 4. The van der Waals surface area contributed by atoms with Gasteiger partial charge in [-0.25, -0.2) is 19.9 Å². The fourth-order valence-electron chi connectivity index (χ4n) is 18.3. The Kier molecular flexibility index (Phi) is 24.7. The van der Waals surface area contributed by atoms with E-state index in [9.17, 15) is 19.2 Å². The lowest BCUT2D eigenvalue weighted by molar-refractivity contribution is 0.0726. The highest BCUT2D eigenvalue weighted by molar-refractivity contribution is 5.97. The molecule has 20 heteroatoms. The van der Waals surface area contributed by atoms with Crippen LogP contribution in [-0.4, -0.2) is 232 Å². The zero-order chi connectivity index (χ0) is 80.0. The van der Waals surface area contributed by atoms with Crippen molar-refractivity contribution in [2.45, 2.75) is 136 Å². The third kappa shape index (κ3) is 17.8. The Morgan fingerprint density at radius 2 is 0.574 bits per heavy atom. The summed E-state index contributed by atoms with van der Waals surface area (Å²) >= 11 is 0. The van der Waals surface area contributed by atoms with Crippen molar-refractivity contribution in [1.29, 1.82) is 0 Å². The molecular formula is C95H114N16O4. The third-order valence-electron chi connectivity index (χ3n) is 25.1. The summed E-state index contributed by atoms with van der Waals surface area (Å²) in [5, 5.41) is 0. The standard InChI is InChI=1S/C26H32N4O.C24H28N4O.C23H28N4O.C22H26N4O/c1-19-27-24-9-5-6-10-25(24)30(19)22-13-11-21(12-14-22)26(31)28(2)23-15-16-29(18-23)17-20-7-3-4-8-20;1-17-25-22-5-3-4-6-23(22)28(17)20-11-9-19(10-12-20)24(29)26(2)21-13-14-27(16-21)15-18-7-8-18;1-4-14-26-15-13-20(16-26)25(3)23(28)18-9-11-19(12-10-18)27-17(2)24-21-7-5-6-8-22(21)27;1-4-25-14-13-19(15-25)24(3)22(27)17-9-11-18(12-10-17)26-16(2)23-20-7-5-6-8-21(20)26/h5-6,9-14,20,23H,3-4,7-8,15-18H2,1-2H3;3-6,9-12,18,21H,7-8,13-16H2,1-2H3;5-12,20H,4,13-16H2,1-3H3;5-12,19H,4,13-15H2,1-3H3/t23-;21-;20-;19-/m1111/s1. The zero-order valence-corrected chi connectivity index (χ0v) is 69.0. The maximum absolute atomic E-state index is 13.1. The van der Waals surface area contributed by atoms with E-state index in [1.165, 1.54) is 51.6 Å². The van der Waals surface area contributed by atoms with Crippen LogP contribution in [0.15, 0.2) is 194 Å². The minimum atomic E-state index is 0.0942. The second-order valence-electron chi connectivity index (χ2n) is 32.9. The molecule has 4 atom stereocenters. The van der Waals surface area contributed by atoms with Crippen molar-refractivity contribution < 1.29 is 19.2 Å². The van der Waals surface area contributed by atoms with E-state index in [1.54, 1.807) is 0 Å². The minimum Gasteiger partial charge on any atom is -0.337 e. The predicted molar refractivity (Wildman–Crippen MR) is 462 cm³/mol. The Bertz CT molecular complexity index is 5360. The second kappa shape index (κ2) is 35.6. The number of imidazole rings is 4. The van der Waals surface area contributed by atoms with Crippen molar-refractivity contribution in [2.75, 3.05) is 107 Å². The number of carbonyl (C=O) groups is 4. The van der Waals surface area contributed by atoms with Crippen molar-refractivity contribution in [2.24, 2.45) is 11.8 Å². The first-order valence-electron chi connectivity index (χ1n) is 42.0. The van der Waals surface area contributed by atoms with E-state index in [2.05, 4.69) is 95.9 Å². The number of benzene rings is 8. The van der Waals surface area contributed by atoms with Crippen LogP contribution < -0.4 is 0 Å². The molecule has 4 aliphatic heterocycles. The molecule has 18 rings (SSSR count). The largest absolute Gasteiger partial charge is 0.337 e. The predicted octanol–water partition coefficient (Wildman–Crippen LogP) is 16.0. The number of hydrogen-bond acceptors (Lipinski definition) is 12. The van der Waals surface area contributed by atoms with Crippen molar-refractivity contribution in [3.63, 3.8) is 0 Å². The lowest BCUT2D eigenvalue weighted by Crippen LogP contribution is -2.39. The smallest absolute Gasteiger partial charge is 0.253 e. The van der Waals surface area contributed by atoms with Crippen molar-refractivity contribution >= 4 is 67.8 Å². The van der Waals surface area contributed by atoms with Gasteiger partial charge in [-0.1, -0.05) is 75.2 Å². The van der Waals surface area contributed by atoms with Crippen LogP contribution in [0.5, 0.6) is 0 Å². The van der Waals surface area contributed by atoms with E-state index in [0.717, 1.165) is 222 Å². The van der Waals surface area contributed by atoms with E-state index in [1.807, 2.05) is 245 Å². The maximum atomic E-state index is 13.1. The van der Waals surface area contributed by atoms with Gasteiger partial charge in [0.1, 0.15) is 23.3 Å². The topological polar surface area (TPSA) is 165 Å². The van der Waals surface area contributed by atoms with Gasteiger partial charge in [0.15, 0.2) is 0 Å². The molecule has 12 aromatic rings. The molecule has 8 aromatic carbocycles. The summed E-state index contributed by atoms with van der Waals surface area (Å²) in [5.74, 6) is 5.99. The van der Waals surface area contributed by atoms with E-state index < -0.39 is 0 Å². The molecule has 0 bridgehead atoms. The molecule has 20 nitrogen and oxygen atoms in total. The SMILES string of the molecule is CCCN1CC[C@@H](N(C)C(=O)c2ccc(-n3c(C)nc4ccccc43)cc2)C1.CCN1CC[C@@H](N(C)C(=O)c2ccc(-n3c(C)nc4ccccc43)cc2)C1.Cc1nc2ccccc2n1-c1ccc(C(=O)N(C)[C@@H]2CCN(CC3CC3)C2)cc1.Cc1nc2ccccc2n1-c1ccc(C(=O)N(C)[C@@H]2CCN(CC3CCCC3)C2)cc1. The lowest BCUT2D eigenvalue weighted by atomic mass is 10.1. The quantitative estimate of drug-likeness (QED) is 0.0753. The normalized spacial score (nSPS) is 18.7. The minimum absolute atomic E-state index is 0.0942. The van der Waals surface area contributed by atoms with Crippen LogP contribution in [-0.2, 0) is 0 Å². The van der Waals surface area contributed by atoms with Crippen LogP contribution in [0.2, 0.25) is 0 Å². The fourth-order valence-corrected chi connectivity index (χ4v) is 18.3. The fraction of sp³-hybridized carbons (Fsp3) is 0.411. The zero-order valence-electron chi connectivity index (χ0n) is 69.0. The maximum Gasteiger partial charge on any atom is 0.253 e. The number of amides is 4. The van der Waals surface area contributed by atoms with Gasteiger partial charge >= 0.3 is 0 Å². The highest BCUT2D eigenvalue weighted by atomic mass is 16.2. The van der Waals surface area contributed by atoms with E-state index in [4.69, 9.17) is 0 Å². The first kappa shape index (κ1) is 79.6. The number of likely N-dealkylation sites (tertiary alicyclic amines) is 4. The molecule has 6 aliphatic rings. The number of carbonyl (C=O) groups excluding carboxylic acids is 4. The molecule has 4 saturated heterocycles. The van der Waals surface area contributed by atoms with Crippen LogP contribution in [0, 0.1) is 39.5 Å².